The molecule has 116 valence electrons. The van der Waals surface area contributed by atoms with Gasteiger partial charge in [0, 0.05) is 32.7 Å². The molecular formula is C15H24N4O2. The lowest BCUT2D eigenvalue weighted by Gasteiger charge is -2.20. The smallest absolute Gasteiger partial charge is 0.253 e. The molecule has 6 heteroatoms. The van der Waals surface area contributed by atoms with Crippen molar-refractivity contribution < 1.29 is 9.59 Å². The average Bonchev–Trinajstić information content (AvgIpc) is 2.46. The number of hydrogen-bond donors (Lipinski definition) is 2. The van der Waals surface area contributed by atoms with Gasteiger partial charge in [0.15, 0.2) is 0 Å². The third-order valence-electron chi connectivity index (χ3n) is 3.25. The summed E-state index contributed by atoms with van der Waals surface area (Å²) in [6, 6.07) is 5.02. The summed E-state index contributed by atoms with van der Waals surface area (Å²) in [4.78, 5) is 27.1. The molecule has 3 N–H and O–H groups in total. The minimum absolute atomic E-state index is 0.00346. The van der Waals surface area contributed by atoms with Gasteiger partial charge in [-0.25, -0.2) is 0 Å². The number of hydrogen-bond acceptors (Lipinski definition) is 4. The molecule has 0 aliphatic rings. The standard InChI is InChI=1S/C15H24N4O2/c1-5-19(6-2)14(20)10-17-13-9-11(7-8-12(13)16)15(21)18(3)4/h7-9,17H,5-6,10,16H2,1-4H3. The Bertz CT molecular complexity index is 510. The fourth-order valence-corrected chi connectivity index (χ4v) is 1.96. The van der Waals surface area contributed by atoms with Crippen LogP contribution < -0.4 is 11.1 Å². The summed E-state index contributed by atoms with van der Waals surface area (Å²) in [7, 11) is 3.38. The lowest BCUT2D eigenvalue weighted by Crippen LogP contribution is -2.35. The van der Waals surface area contributed by atoms with Crippen molar-refractivity contribution in [3.8, 4) is 0 Å². The third-order valence-corrected chi connectivity index (χ3v) is 3.25. The summed E-state index contributed by atoms with van der Waals surface area (Å²) in [6.07, 6.45) is 0. The van der Waals surface area contributed by atoms with Crippen LogP contribution in [-0.4, -0.2) is 55.3 Å². The van der Waals surface area contributed by atoms with Crippen LogP contribution in [0, 0.1) is 0 Å². The van der Waals surface area contributed by atoms with Gasteiger partial charge in [-0.05, 0) is 32.0 Å². The number of nitrogens with two attached hydrogens (primary N) is 1. The quantitative estimate of drug-likeness (QED) is 0.774. The molecule has 0 aromatic heterocycles. The van der Waals surface area contributed by atoms with Crippen LogP contribution >= 0.6 is 0 Å². The lowest BCUT2D eigenvalue weighted by atomic mass is 10.1. The summed E-state index contributed by atoms with van der Waals surface area (Å²) >= 11 is 0. The molecule has 0 aliphatic heterocycles. The van der Waals surface area contributed by atoms with Crippen molar-refractivity contribution in [3.63, 3.8) is 0 Å². The first-order chi connectivity index (χ1) is 9.90. The molecule has 2 amide bonds. The predicted molar refractivity (Wildman–Crippen MR) is 85.3 cm³/mol. The molecule has 0 saturated heterocycles. The van der Waals surface area contributed by atoms with Crippen molar-refractivity contribution in [1.29, 1.82) is 0 Å². The maximum Gasteiger partial charge on any atom is 0.253 e. The lowest BCUT2D eigenvalue weighted by molar-refractivity contribution is -0.128. The second-order valence-corrected chi connectivity index (χ2v) is 4.92. The number of nitrogens with one attached hydrogen (secondary N) is 1. The number of carbonyl (C=O) groups is 2. The van der Waals surface area contributed by atoms with Crippen molar-refractivity contribution >= 4 is 23.2 Å². The van der Waals surface area contributed by atoms with E-state index in [0.29, 0.717) is 30.0 Å². The number of likely N-dealkylation sites (N-methyl/N-ethyl adjacent to an activating group) is 1. The van der Waals surface area contributed by atoms with Gasteiger partial charge in [0.05, 0.1) is 17.9 Å². The Labute approximate surface area is 125 Å². The van der Waals surface area contributed by atoms with Gasteiger partial charge < -0.3 is 20.9 Å². The van der Waals surface area contributed by atoms with E-state index in [1.807, 2.05) is 13.8 Å². The molecule has 0 heterocycles. The molecule has 0 radical (unpaired) electrons. The van der Waals surface area contributed by atoms with Crippen molar-refractivity contribution in [1.82, 2.24) is 9.80 Å². The molecule has 0 fully saturated rings. The van der Waals surface area contributed by atoms with E-state index in [2.05, 4.69) is 5.32 Å². The highest BCUT2D eigenvalue weighted by molar-refractivity contribution is 5.96. The first kappa shape index (κ1) is 16.8. The Morgan fingerprint density at radius 1 is 1.19 bits per heavy atom. The number of amides is 2. The maximum atomic E-state index is 12.0. The van der Waals surface area contributed by atoms with Crippen molar-refractivity contribution in [3.05, 3.63) is 23.8 Å². The van der Waals surface area contributed by atoms with Gasteiger partial charge in [0.2, 0.25) is 5.91 Å². The Kier molecular flexibility index (Phi) is 6.02. The molecule has 1 aromatic carbocycles. The number of benzene rings is 1. The van der Waals surface area contributed by atoms with E-state index in [0.717, 1.165) is 0 Å². The SMILES string of the molecule is CCN(CC)C(=O)CNc1cc(C(=O)N(C)C)ccc1N. The molecule has 1 rings (SSSR count). The van der Waals surface area contributed by atoms with Gasteiger partial charge in [-0.2, -0.15) is 0 Å². The molecule has 0 bridgehead atoms. The van der Waals surface area contributed by atoms with Gasteiger partial charge in [-0.3, -0.25) is 9.59 Å². The highest BCUT2D eigenvalue weighted by atomic mass is 16.2. The van der Waals surface area contributed by atoms with E-state index in [1.165, 1.54) is 4.90 Å². The zero-order valence-electron chi connectivity index (χ0n) is 13.1. The van der Waals surface area contributed by atoms with Crippen LogP contribution in [0.25, 0.3) is 0 Å². The second-order valence-electron chi connectivity index (χ2n) is 4.92. The monoisotopic (exact) mass is 292 g/mol. The molecule has 0 aliphatic carbocycles. The van der Waals surface area contributed by atoms with E-state index in [4.69, 9.17) is 5.73 Å². The van der Waals surface area contributed by atoms with Crippen molar-refractivity contribution in [2.75, 3.05) is 44.8 Å². The average molecular weight is 292 g/mol. The van der Waals surface area contributed by atoms with Crippen LogP contribution in [0.15, 0.2) is 18.2 Å². The molecular weight excluding hydrogens is 268 g/mol. The number of rotatable bonds is 6. The summed E-state index contributed by atoms with van der Waals surface area (Å²) < 4.78 is 0. The van der Waals surface area contributed by atoms with E-state index >= 15 is 0 Å². The van der Waals surface area contributed by atoms with Crippen molar-refractivity contribution in [2.45, 2.75) is 13.8 Å². The van der Waals surface area contributed by atoms with Gasteiger partial charge in [-0.1, -0.05) is 0 Å². The van der Waals surface area contributed by atoms with Crippen LogP contribution in [0.3, 0.4) is 0 Å². The first-order valence-corrected chi connectivity index (χ1v) is 7.03. The first-order valence-electron chi connectivity index (χ1n) is 7.03. The maximum absolute atomic E-state index is 12.0. The van der Waals surface area contributed by atoms with E-state index in [-0.39, 0.29) is 18.4 Å². The Morgan fingerprint density at radius 2 is 1.81 bits per heavy atom. The number of carbonyl (C=O) groups excluding carboxylic acids is 2. The number of nitrogen functional groups attached to an aromatic ring is 1. The summed E-state index contributed by atoms with van der Waals surface area (Å²) in [6.45, 7) is 5.38. The molecule has 1 aromatic rings. The molecule has 0 saturated carbocycles. The van der Waals surface area contributed by atoms with E-state index in [9.17, 15) is 9.59 Å². The van der Waals surface area contributed by atoms with Crippen molar-refractivity contribution in [2.24, 2.45) is 0 Å². The number of anilines is 2. The van der Waals surface area contributed by atoms with Gasteiger partial charge in [0.25, 0.3) is 5.91 Å². The van der Waals surface area contributed by atoms with Crippen LogP contribution in [-0.2, 0) is 4.79 Å². The van der Waals surface area contributed by atoms with Gasteiger partial charge in [-0.15, -0.1) is 0 Å². The summed E-state index contributed by atoms with van der Waals surface area (Å²) in [5, 5.41) is 3.01. The highest BCUT2D eigenvalue weighted by Gasteiger charge is 2.12. The summed E-state index contributed by atoms with van der Waals surface area (Å²) in [5.41, 5.74) is 7.53. The molecule has 0 spiro atoms. The largest absolute Gasteiger partial charge is 0.397 e. The fourth-order valence-electron chi connectivity index (χ4n) is 1.96. The molecule has 0 atom stereocenters. The van der Waals surface area contributed by atoms with Crippen LogP contribution in [0.4, 0.5) is 11.4 Å². The van der Waals surface area contributed by atoms with Gasteiger partial charge >= 0.3 is 0 Å². The fraction of sp³-hybridized carbons (Fsp3) is 0.467. The zero-order chi connectivity index (χ0) is 16.0. The van der Waals surface area contributed by atoms with Crippen LogP contribution in [0.2, 0.25) is 0 Å². The summed E-state index contributed by atoms with van der Waals surface area (Å²) in [5.74, 6) is -0.100. The molecule has 0 unspecified atom stereocenters. The Morgan fingerprint density at radius 3 is 2.33 bits per heavy atom. The topological polar surface area (TPSA) is 78.7 Å². The second kappa shape index (κ2) is 7.52. The highest BCUT2D eigenvalue weighted by Crippen LogP contribution is 2.20. The molecule has 21 heavy (non-hydrogen) atoms. The third kappa shape index (κ3) is 4.37. The predicted octanol–water partition coefficient (Wildman–Crippen LogP) is 1.25. The molecule has 6 nitrogen and oxygen atoms in total. The van der Waals surface area contributed by atoms with Crippen LogP contribution in [0.5, 0.6) is 0 Å². The zero-order valence-corrected chi connectivity index (χ0v) is 13.1. The number of nitrogens with zero attached hydrogens (tertiary/aromatic N) is 2. The van der Waals surface area contributed by atoms with Gasteiger partial charge in [0.1, 0.15) is 0 Å². The minimum Gasteiger partial charge on any atom is -0.397 e. The van der Waals surface area contributed by atoms with E-state index in [1.54, 1.807) is 37.2 Å². The minimum atomic E-state index is -0.104. The normalized spacial score (nSPS) is 10.1. The Balaban J connectivity index is 2.81. The van der Waals surface area contributed by atoms with Crippen LogP contribution in [0.1, 0.15) is 24.2 Å². The van der Waals surface area contributed by atoms with E-state index < -0.39 is 0 Å². The Hall–Kier alpha value is -2.24.